The van der Waals surface area contributed by atoms with Gasteiger partial charge in [0.25, 0.3) is 0 Å². The van der Waals surface area contributed by atoms with E-state index in [2.05, 4.69) is 0 Å². The summed E-state index contributed by atoms with van der Waals surface area (Å²) in [6.45, 7) is 9.46. The third-order valence-corrected chi connectivity index (χ3v) is 3.06. The molecule has 130 valence electrons. The van der Waals surface area contributed by atoms with Gasteiger partial charge < -0.3 is 37.9 Å². The second-order valence-electron chi connectivity index (χ2n) is 4.58. The first-order valence-corrected chi connectivity index (χ1v) is 7.81. The molecule has 2 saturated heterocycles. The summed E-state index contributed by atoms with van der Waals surface area (Å²) < 4.78 is 44.4. The second-order valence-corrected chi connectivity index (χ2v) is 4.58. The van der Waals surface area contributed by atoms with Crippen LogP contribution in [0.4, 0.5) is 0 Å². The van der Waals surface area contributed by atoms with Gasteiger partial charge in [-0.05, 0) is 27.7 Å². The normalized spacial score (nSPS) is 31.4. The molecule has 0 aromatic heterocycles. The van der Waals surface area contributed by atoms with Gasteiger partial charge >= 0.3 is 0 Å². The van der Waals surface area contributed by atoms with Crippen molar-refractivity contribution in [2.45, 2.75) is 65.4 Å². The summed E-state index contributed by atoms with van der Waals surface area (Å²) in [5.41, 5.74) is 0. The van der Waals surface area contributed by atoms with Gasteiger partial charge in [-0.15, -0.1) is 0 Å². The molecule has 22 heavy (non-hydrogen) atoms. The fraction of sp³-hybridized carbons (Fsp3) is 1.00. The van der Waals surface area contributed by atoms with Gasteiger partial charge in [-0.1, -0.05) is 0 Å². The van der Waals surface area contributed by atoms with Crippen LogP contribution >= 0.6 is 0 Å². The Hall–Kier alpha value is -0.320. The van der Waals surface area contributed by atoms with Crippen molar-refractivity contribution in [2.75, 3.05) is 26.4 Å². The first-order valence-electron chi connectivity index (χ1n) is 7.81. The van der Waals surface area contributed by atoms with Crippen LogP contribution < -0.4 is 0 Å². The van der Waals surface area contributed by atoms with Gasteiger partial charge in [0.15, 0.2) is 0 Å². The fourth-order valence-electron chi connectivity index (χ4n) is 2.24. The van der Waals surface area contributed by atoms with Crippen molar-refractivity contribution in [3.8, 4) is 0 Å². The summed E-state index contributed by atoms with van der Waals surface area (Å²) >= 11 is 0. The summed E-state index contributed by atoms with van der Waals surface area (Å²) in [7, 11) is 0. The van der Waals surface area contributed by atoms with Gasteiger partial charge in [-0.2, -0.15) is 0 Å². The maximum atomic E-state index is 5.66. The van der Waals surface area contributed by atoms with E-state index in [0.29, 0.717) is 26.4 Å². The second kappa shape index (κ2) is 9.09. The van der Waals surface area contributed by atoms with Gasteiger partial charge in [0, 0.05) is 26.4 Å². The van der Waals surface area contributed by atoms with E-state index < -0.39 is 37.7 Å². The Balaban J connectivity index is 1.86. The van der Waals surface area contributed by atoms with Crippen LogP contribution in [-0.4, -0.2) is 64.2 Å². The standard InChI is InChI=1S/C14H26O8/c1-5-15-9(16-6-2)11-19-13-14(20-11)22-12(21-13)10(17-7-3)18-8-4/h9-14H,5-8H2,1-4H3. The lowest BCUT2D eigenvalue weighted by atomic mass is 10.6. The van der Waals surface area contributed by atoms with Crippen LogP contribution in [0.2, 0.25) is 0 Å². The molecule has 0 radical (unpaired) electrons. The Morgan fingerprint density at radius 1 is 0.591 bits per heavy atom. The van der Waals surface area contributed by atoms with Crippen LogP contribution in [0.25, 0.3) is 0 Å². The van der Waals surface area contributed by atoms with Crippen molar-refractivity contribution in [3.05, 3.63) is 0 Å². The zero-order valence-corrected chi connectivity index (χ0v) is 13.6. The number of fused-ring (bicyclic) bond motifs is 1. The maximum Gasteiger partial charge on any atom is 0.215 e. The summed E-state index contributed by atoms with van der Waals surface area (Å²) in [5, 5.41) is 0. The predicted molar refractivity (Wildman–Crippen MR) is 73.6 cm³/mol. The van der Waals surface area contributed by atoms with Crippen molar-refractivity contribution >= 4 is 0 Å². The summed E-state index contributed by atoms with van der Waals surface area (Å²) in [6.07, 6.45) is -3.90. The molecule has 0 amide bonds. The van der Waals surface area contributed by atoms with E-state index in [-0.39, 0.29) is 0 Å². The van der Waals surface area contributed by atoms with E-state index >= 15 is 0 Å². The predicted octanol–water partition coefficient (Wildman–Crippen LogP) is 1.18. The summed E-state index contributed by atoms with van der Waals surface area (Å²) in [6, 6.07) is 0. The zero-order valence-electron chi connectivity index (χ0n) is 13.6. The van der Waals surface area contributed by atoms with Crippen molar-refractivity contribution in [1.29, 1.82) is 0 Å². The van der Waals surface area contributed by atoms with Crippen LogP contribution in [0, 0.1) is 0 Å². The highest BCUT2D eigenvalue weighted by Crippen LogP contribution is 2.33. The van der Waals surface area contributed by atoms with Gasteiger partial charge in [-0.3, -0.25) is 0 Å². The maximum absolute atomic E-state index is 5.66. The van der Waals surface area contributed by atoms with Gasteiger partial charge in [0.05, 0.1) is 0 Å². The number of hydrogen-bond acceptors (Lipinski definition) is 8. The molecule has 0 aliphatic carbocycles. The lowest BCUT2D eigenvalue weighted by Crippen LogP contribution is -2.37. The topological polar surface area (TPSA) is 73.8 Å². The average Bonchev–Trinajstić information content (AvgIpc) is 3.05. The molecular formula is C14H26O8. The fourth-order valence-corrected chi connectivity index (χ4v) is 2.24. The zero-order chi connectivity index (χ0) is 15.9. The lowest BCUT2D eigenvalue weighted by Gasteiger charge is -2.25. The van der Waals surface area contributed by atoms with Gasteiger partial charge in [-0.25, -0.2) is 0 Å². The molecule has 2 fully saturated rings. The van der Waals surface area contributed by atoms with Crippen LogP contribution in [0.15, 0.2) is 0 Å². The first-order chi connectivity index (χ1) is 10.7. The monoisotopic (exact) mass is 322 g/mol. The van der Waals surface area contributed by atoms with Gasteiger partial charge in [0.2, 0.25) is 37.7 Å². The minimum Gasteiger partial charge on any atom is -0.348 e. The third-order valence-electron chi connectivity index (χ3n) is 3.06. The van der Waals surface area contributed by atoms with Crippen molar-refractivity contribution in [3.63, 3.8) is 0 Å². The Morgan fingerprint density at radius 2 is 0.864 bits per heavy atom. The van der Waals surface area contributed by atoms with E-state index in [4.69, 9.17) is 37.9 Å². The largest absolute Gasteiger partial charge is 0.348 e. The first kappa shape index (κ1) is 18.0. The van der Waals surface area contributed by atoms with Crippen molar-refractivity contribution in [1.82, 2.24) is 0 Å². The highest BCUT2D eigenvalue weighted by Gasteiger charge is 2.51. The molecule has 2 aliphatic heterocycles. The number of hydrogen-bond donors (Lipinski definition) is 0. The molecule has 8 nitrogen and oxygen atoms in total. The van der Waals surface area contributed by atoms with E-state index in [1.807, 2.05) is 27.7 Å². The molecule has 0 spiro atoms. The van der Waals surface area contributed by atoms with Crippen LogP contribution in [0.5, 0.6) is 0 Å². The Labute approximate surface area is 130 Å². The number of rotatable bonds is 10. The number of ether oxygens (including phenoxy) is 8. The minimum absolute atomic E-state index is 0.490. The summed E-state index contributed by atoms with van der Waals surface area (Å²) in [4.78, 5) is 0. The van der Waals surface area contributed by atoms with E-state index in [0.717, 1.165) is 0 Å². The van der Waals surface area contributed by atoms with E-state index in [1.165, 1.54) is 0 Å². The lowest BCUT2D eigenvalue weighted by molar-refractivity contribution is -0.325. The molecule has 2 aliphatic rings. The van der Waals surface area contributed by atoms with E-state index in [9.17, 15) is 0 Å². The molecule has 2 rings (SSSR count). The summed E-state index contributed by atoms with van der Waals surface area (Å²) in [5.74, 6) is 0. The Kier molecular flexibility index (Phi) is 7.45. The van der Waals surface area contributed by atoms with Crippen LogP contribution in [0.3, 0.4) is 0 Å². The van der Waals surface area contributed by atoms with Crippen LogP contribution in [-0.2, 0) is 37.9 Å². The Morgan fingerprint density at radius 3 is 1.09 bits per heavy atom. The highest BCUT2D eigenvalue weighted by molar-refractivity contribution is 4.73. The SMILES string of the molecule is CCOC(OCC)C1OC2OC(C(OCC)OCC)OC2O1. The molecule has 0 aromatic rings. The van der Waals surface area contributed by atoms with E-state index in [1.54, 1.807) is 0 Å². The average molecular weight is 322 g/mol. The molecule has 8 heteroatoms. The molecule has 0 atom stereocenters. The molecule has 0 bridgehead atoms. The highest BCUT2D eigenvalue weighted by atomic mass is 17.0. The molecule has 0 unspecified atom stereocenters. The van der Waals surface area contributed by atoms with Gasteiger partial charge in [0.1, 0.15) is 0 Å². The van der Waals surface area contributed by atoms with Crippen LogP contribution in [0.1, 0.15) is 27.7 Å². The van der Waals surface area contributed by atoms with Crippen molar-refractivity contribution < 1.29 is 37.9 Å². The third kappa shape index (κ3) is 4.36. The molecular weight excluding hydrogens is 296 g/mol. The molecule has 0 saturated carbocycles. The molecule has 0 aromatic carbocycles. The van der Waals surface area contributed by atoms with Crippen molar-refractivity contribution in [2.24, 2.45) is 0 Å². The molecule has 2 heterocycles. The smallest absolute Gasteiger partial charge is 0.215 e. The molecule has 0 N–H and O–H groups in total. The quantitative estimate of drug-likeness (QED) is 0.555. The minimum atomic E-state index is -0.687. The Bertz CT molecular complexity index is 261.